The fourth-order valence-corrected chi connectivity index (χ4v) is 2.44. The van der Waals surface area contributed by atoms with Crippen molar-refractivity contribution in [1.29, 1.82) is 0 Å². The fraction of sp³-hybridized carbons (Fsp3) is 0.400. The summed E-state index contributed by atoms with van der Waals surface area (Å²) in [4.78, 5) is 26.9. The summed E-state index contributed by atoms with van der Waals surface area (Å²) >= 11 is 0. The summed E-state index contributed by atoms with van der Waals surface area (Å²) in [6, 6.07) is 3.49. The van der Waals surface area contributed by atoms with E-state index < -0.39 is 0 Å². The molecule has 4 rings (SSSR count). The molecule has 0 unspecified atom stereocenters. The first-order valence-corrected chi connectivity index (χ1v) is 7.30. The molecule has 0 spiro atoms. The van der Waals surface area contributed by atoms with Crippen LogP contribution in [0, 0.1) is 5.92 Å². The van der Waals surface area contributed by atoms with E-state index >= 15 is 0 Å². The number of carbonyl (C=O) groups is 2. The van der Waals surface area contributed by atoms with Gasteiger partial charge in [0.2, 0.25) is 0 Å². The minimum Gasteiger partial charge on any atom is -0.356 e. The second-order valence-electron chi connectivity index (χ2n) is 5.88. The van der Waals surface area contributed by atoms with E-state index in [1.807, 2.05) is 6.07 Å². The van der Waals surface area contributed by atoms with Gasteiger partial charge in [0, 0.05) is 35.4 Å². The molecule has 2 aromatic heterocycles. The molecule has 0 aromatic carbocycles. The van der Waals surface area contributed by atoms with Crippen LogP contribution in [0.3, 0.4) is 0 Å². The normalized spacial score (nSPS) is 17.7. The van der Waals surface area contributed by atoms with Crippen molar-refractivity contribution in [3.05, 3.63) is 35.3 Å². The van der Waals surface area contributed by atoms with Gasteiger partial charge in [0.15, 0.2) is 11.6 Å². The Balaban J connectivity index is 1.44. The van der Waals surface area contributed by atoms with Crippen LogP contribution < -0.4 is 5.32 Å². The van der Waals surface area contributed by atoms with Gasteiger partial charge in [0.05, 0.1) is 0 Å². The first-order chi connectivity index (χ1) is 10.2. The van der Waals surface area contributed by atoms with E-state index in [0.717, 1.165) is 18.5 Å². The molecule has 2 aliphatic rings. The average molecular weight is 284 g/mol. The molecule has 0 aliphatic heterocycles. The summed E-state index contributed by atoms with van der Waals surface area (Å²) in [5.74, 6) is 1.09. The summed E-state index contributed by atoms with van der Waals surface area (Å²) in [5.41, 5.74) is 2.04. The Bertz CT molecular complexity index is 707. The second-order valence-corrected chi connectivity index (χ2v) is 5.88. The molecule has 2 aliphatic carbocycles. The molecule has 0 saturated heterocycles. The number of ketones is 1. The highest BCUT2D eigenvalue weighted by Gasteiger charge is 2.31. The van der Waals surface area contributed by atoms with Crippen LogP contribution in [-0.4, -0.2) is 26.9 Å². The number of carbonyl (C=O) groups excluding carboxylic acids is 2. The summed E-state index contributed by atoms with van der Waals surface area (Å²) in [7, 11) is 0. The standard InChI is InChI=1S/C15H16N4O2/c20-14(9-3-4-9)10-5-12(16-7-10)15(21)17-13-6-11(18-19-13)8-1-2-8/h5-9,16H,1-4H2,(H2,17,18,19,21). The number of Topliss-reactive ketones (excluding diaryl/α,β-unsaturated/α-hetero) is 1. The number of nitrogens with one attached hydrogen (secondary N) is 3. The Hall–Kier alpha value is -2.37. The largest absolute Gasteiger partial charge is 0.356 e. The number of rotatable bonds is 5. The van der Waals surface area contributed by atoms with Gasteiger partial charge in [-0.05, 0) is 31.7 Å². The topological polar surface area (TPSA) is 90.6 Å². The Kier molecular flexibility index (Phi) is 2.70. The van der Waals surface area contributed by atoms with Gasteiger partial charge in [-0.15, -0.1) is 0 Å². The average Bonchev–Trinajstić information content (AvgIpc) is 3.40. The van der Waals surface area contributed by atoms with Gasteiger partial charge < -0.3 is 10.3 Å². The number of hydrogen-bond acceptors (Lipinski definition) is 3. The molecule has 2 aromatic rings. The summed E-state index contributed by atoms with van der Waals surface area (Å²) < 4.78 is 0. The molecule has 3 N–H and O–H groups in total. The monoisotopic (exact) mass is 284 g/mol. The van der Waals surface area contributed by atoms with Crippen molar-refractivity contribution in [3.63, 3.8) is 0 Å². The molecule has 2 heterocycles. The highest BCUT2D eigenvalue weighted by atomic mass is 16.2. The quantitative estimate of drug-likeness (QED) is 0.736. The molecule has 0 atom stereocenters. The smallest absolute Gasteiger partial charge is 0.273 e. The zero-order chi connectivity index (χ0) is 14.4. The minimum absolute atomic E-state index is 0.126. The van der Waals surface area contributed by atoms with Gasteiger partial charge in [-0.25, -0.2) is 0 Å². The van der Waals surface area contributed by atoms with E-state index in [1.54, 1.807) is 12.3 Å². The number of aromatic nitrogens is 3. The third-order valence-corrected chi connectivity index (χ3v) is 4.02. The molecule has 0 radical (unpaired) electrons. The molecular weight excluding hydrogens is 268 g/mol. The number of anilines is 1. The van der Waals surface area contributed by atoms with E-state index in [2.05, 4.69) is 20.5 Å². The highest BCUT2D eigenvalue weighted by molar-refractivity contribution is 6.06. The Labute approximate surface area is 121 Å². The zero-order valence-corrected chi connectivity index (χ0v) is 11.5. The Morgan fingerprint density at radius 3 is 2.71 bits per heavy atom. The maximum absolute atomic E-state index is 12.1. The van der Waals surface area contributed by atoms with Crippen LogP contribution in [0.25, 0.3) is 0 Å². The molecule has 108 valence electrons. The molecule has 1 amide bonds. The summed E-state index contributed by atoms with van der Waals surface area (Å²) in [5, 5.41) is 9.76. The fourth-order valence-electron chi connectivity index (χ4n) is 2.44. The molecule has 6 nitrogen and oxygen atoms in total. The lowest BCUT2D eigenvalue weighted by molar-refractivity contribution is 0.0967. The molecular formula is C15H16N4O2. The van der Waals surface area contributed by atoms with E-state index in [1.165, 1.54) is 12.8 Å². The summed E-state index contributed by atoms with van der Waals surface area (Å²) in [6.07, 6.45) is 5.89. The van der Waals surface area contributed by atoms with Gasteiger partial charge in [-0.2, -0.15) is 5.10 Å². The molecule has 0 bridgehead atoms. The van der Waals surface area contributed by atoms with Crippen LogP contribution in [0.5, 0.6) is 0 Å². The third-order valence-electron chi connectivity index (χ3n) is 4.02. The summed E-state index contributed by atoms with van der Waals surface area (Å²) in [6.45, 7) is 0. The predicted octanol–water partition coefficient (Wildman–Crippen LogP) is 2.46. The molecule has 6 heteroatoms. The van der Waals surface area contributed by atoms with Gasteiger partial charge in [-0.3, -0.25) is 14.7 Å². The molecule has 21 heavy (non-hydrogen) atoms. The van der Waals surface area contributed by atoms with Crippen LogP contribution in [0.2, 0.25) is 0 Å². The van der Waals surface area contributed by atoms with E-state index in [-0.39, 0.29) is 17.6 Å². The Morgan fingerprint density at radius 2 is 2.00 bits per heavy atom. The molecule has 2 fully saturated rings. The van der Waals surface area contributed by atoms with E-state index in [4.69, 9.17) is 0 Å². The van der Waals surface area contributed by atoms with Gasteiger partial charge in [0.1, 0.15) is 5.69 Å². The number of nitrogens with zero attached hydrogens (tertiary/aromatic N) is 1. The van der Waals surface area contributed by atoms with Gasteiger partial charge >= 0.3 is 0 Å². The lowest BCUT2D eigenvalue weighted by Crippen LogP contribution is -2.12. The van der Waals surface area contributed by atoms with Crippen LogP contribution in [0.4, 0.5) is 5.82 Å². The van der Waals surface area contributed by atoms with Crippen LogP contribution in [0.1, 0.15) is 58.1 Å². The van der Waals surface area contributed by atoms with Crippen molar-refractivity contribution in [1.82, 2.24) is 15.2 Å². The minimum atomic E-state index is -0.279. The van der Waals surface area contributed by atoms with Crippen molar-refractivity contribution >= 4 is 17.5 Å². The predicted molar refractivity (Wildman–Crippen MR) is 76.4 cm³/mol. The third kappa shape index (κ3) is 2.49. The SMILES string of the molecule is O=C(Nc1cc(C2CC2)[nH]n1)c1cc(C(=O)C2CC2)c[nH]1. The number of hydrogen-bond donors (Lipinski definition) is 3. The van der Waals surface area contributed by atoms with Gasteiger partial charge in [0.25, 0.3) is 5.91 Å². The van der Waals surface area contributed by atoms with Crippen LogP contribution in [0.15, 0.2) is 18.3 Å². The lowest BCUT2D eigenvalue weighted by atomic mass is 10.1. The second kappa shape index (κ2) is 4.58. The van der Waals surface area contributed by atoms with Crippen LogP contribution in [-0.2, 0) is 0 Å². The first kappa shape index (κ1) is 12.4. The van der Waals surface area contributed by atoms with E-state index in [9.17, 15) is 9.59 Å². The number of aromatic amines is 2. The number of H-pyrrole nitrogens is 2. The van der Waals surface area contributed by atoms with Crippen LogP contribution >= 0.6 is 0 Å². The van der Waals surface area contributed by atoms with Crippen molar-refractivity contribution in [2.24, 2.45) is 5.92 Å². The van der Waals surface area contributed by atoms with Crippen molar-refractivity contribution in [2.75, 3.05) is 5.32 Å². The van der Waals surface area contributed by atoms with E-state index in [0.29, 0.717) is 23.0 Å². The molecule has 2 saturated carbocycles. The lowest BCUT2D eigenvalue weighted by Gasteiger charge is -1.98. The first-order valence-electron chi connectivity index (χ1n) is 7.30. The Morgan fingerprint density at radius 1 is 1.19 bits per heavy atom. The van der Waals surface area contributed by atoms with Crippen molar-refractivity contribution in [2.45, 2.75) is 31.6 Å². The van der Waals surface area contributed by atoms with Crippen molar-refractivity contribution in [3.8, 4) is 0 Å². The maximum atomic E-state index is 12.1. The highest BCUT2D eigenvalue weighted by Crippen LogP contribution is 2.39. The maximum Gasteiger partial charge on any atom is 0.273 e. The zero-order valence-electron chi connectivity index (χ0n) is 11.5. The number of amides is 1. The van der Waals surface area contributed by atoms with Crippen molar-refractivity contribution < 1.29 is 9.59 Å². The van der Waals surface area contributed by atoms with Gasteiger partial charge in [-0.1, -0.05) is 0 Å².